The zero-order valence-electron chi connectivity index (χ0n) is 15.3. The lowest BCUT2D eigenvalue weighted by Crippen LogP contribution is -2.45. The van der Waals surface area contributed by atoms with Gasteiger partial charge < -0.3 is 14.2 Å². The molecule has 0 N–H and O–H groups in total. The summed E-state index contributed by atoms with van der Waals surface area (Å²) < 4.78 is 46.7. The van der Waals surface area contributed by atoms with E-state index < -0.39 is 36.8 Å². The Morgan fingerprint density at radius 1 is 0.960 bits per heavy atom. The van der Waals surface area contributed by atoms with Crippen molar-refractivity contribution in [3.8, 4) is 12.0 Å². The normalized spacial score (nSPS) is 42.9. The van der Waals surface area contributed by atoms with Crippen LogP contribution in [0.5, 0.6) is 0 Å². The van der Waals surface area contributed by atoms with Crippen molar-refractivity contribution in [1.82, 2.24) is 0 Å². The van der Waals surface area contributed by atoms with E-state index in [1.54, 1.807) is 6.92 Å². The molecule has 8 unspecified atom stereocenters. The van der Waals surface area contributed by atoms with Crippen LogP contribution in [0.3, 0.4) is 0 Å². The van der Waals surface area contributed by atoms with E-state index in [9.17, 15) is 8.78 Å². The molecule has 0 aromatic carbocycles. The van der Waals surface area contributed by atoms with Gasteiger partial charge in [0.25, 0.3) is 0 Å². The predicted molar refractivity (Wildman–Crippen MR) is 91.5 cm³/mol. The van der Waals surface area contributed by atoms with Crippen molar-refractivity contribution in [3.05, 3.63) is 0 Å². The minimum Gasteiger partial charge on any atom is -0.440 e. The van der Waals surface area contributed by atoms with Crippen LogP contribution in [0.15, 0.2) is 0 Å². The molecule has 0 aromatic rings. The first kappa shape index (κ1) is 18.9. The van der Waals surface area contributed by atoms with Crippen LogP contribution < -0.4 is 0 Å². The molecule has 3 aliphatic rings. The molecular weight excluding hydrogens is 326 g/mol. The van der Waals surface area contributed by atoms with Gasteiger partial charge in [-0.3, -0.25) is 0 Å². The average molecular weight is 356 g/mol. The third kappa shape index (κ3) is 3.95. The molecule has 1 aliphatic heterocycles. The van der Waals surface area contributed by atoms with Crippen LogP contribution in [0.4, 0.5) is 8.78 Å². The molecule has 3 nitrogen and oxygen atoms in total. The summed E-state index contributed by atoms with van der Waals surface area (Å²) >= 11 is 0. The van der Waals surface area contributed by atoms with E-state index in [2.05, 4.69) is 19.0 Å². The van der Waals surface area contributed by atoms with Gasteiger partial charge in [0.1, 0.15) is 12.2 Å². The van der Waals surface area contributed by atoms with Crippen LogP contribution >= 0.6 is 0 Å². The number of halogens is 2. The van der Waals surface area contributed by atoms with Gasteiger partial charge in [0.2, 0.25) is 0 Å². The molecule has 0 spiro atoms. The Morgan fingerprint density at radius 3 is 2.24 bits per heavy atom. The fourth-order valence-corrected chi connectivity index (χ4v) is 4.73. The maximum absolute atomic E-state index is 15.0. The van der Waals surface area contributed by atoms with Crippen LogP contribution in [0.25, 0.3) is 0 Å². The smallest absolute Gasteiger partial charge is 0.164 e. The van der Waals surface area contributed by atoms with E-state index in [1.807, 2.05) is 0 Å². The average Bonchev–Trinajstić information content (AvgIpc) is 3.00. The zero-order valence-corrected chi connectivity index (χ0v) is 15.3. The molecular formula is C20H30F2O3. The fourth-order valence-electron chi connectivity index (χ4n) is 4.73. The first-order valence-corrected chi connectivity index (χ1v) is 9.80. The monoisotopic (exact) mass is 356 g/mol. The highest BCUT2D eigenvalue weighted by Gasteiger charge is 2.57. The topological polar surface area (TPSA) is 27.7 Å². The zero-order chi connectivity index (χ0) is 17.8. The lowest BCUT2D eigenvalue weighted by molar-refractivity contribution is -0.125. The highest BCUT2D eigenvalue weighted by atomic mass is 19.1. The summed E-state index contributed by atoms with van der Waals surface area (Å²) in [7, 11) is 0. The second-order valence-electron chi connectivity index (χ2n) is 7.56. The molecule has 142 valence electrons. The Kier molecular flexibility index (Phi) is 6.57. The van der Waals surface area contributed by atoms with E-state index in [0.717, 1.165) is 32.1 Å². The predicted octanol–water partition coefficient (Wildman–Crippen LogP) is 4.19. The number of hydrogen-bond acceptors (Lipinski definition) is 3. The van der Waals surface area contributed by atoms with Crippen molar-refractivity contribution in [2.75, 3.05) is 6.61 Å². The summed E-state index contributed by atoms with van der Waals surface area (Å²) in [6.07, 6.45) is 4.22. The van der Waals surface area contributed by atoms with Gasteiger partial charge in [-0.25, -0.2) is 8.78 Å². The standard InChI is InChI=1S/C20H30F2O3/c1-3-5-6-12-24-16-10-8-14-13-7-9-15(23-11-4-2)17(21)19(13)25-20(14)18(16)22/h13-20H,3,5-10,12H2,1-2H3. The van der Waals surface area contributed by atoms with Crippen LogP contribution in [-0.4, -0.2) is 43.4 Å². The SMILES string of the molecule is CC#COC1CCC2C3CCC(OCCCCC)C(F)C3OC2C1F. The molecule has 5 heteroatoms. The summed E-state index contributed by atoms with van der Waals surface area (Å²) in [5, 5.41) is 0. The summed E-state index contributed by atoms with van der Waals surface area (Å²) in [4.78, 5) is 0. The largest absolute Gasteiger partial charge is 0.440 e. The second kappa shape index (κ2) is 8.68. The van der Waals surface area contributed by atoms with Crippen molar-refractivity contribution >= 4 is 0 Å². The van der Waals surface area contributed by atoms with E-state index >= 15 is 0 Å². The summed E-state index contributed by atoms with van der Waals surface area (Å²) in [5.41, 5.74) is 0. The summed E-state index contributed by atoms with van der Waals surface area (Å²) in [6, 6.07) is 0. The number of alkyl halides is 2. The molecule has 3 rings (SSSR count). The molecule has 0 radical (unpaired) electrons. The first-order valence-electron chi connectivity index (χ1n) is 9.80. The Balaban J connectivity index is 1.58. The molecule has 1 saturated heterocycles. The minimum absolute atomic E-state index is 0.0914. The van der Waals surface area contributed by atoms with Crippen molar-refractivity contribution in [2.24, 2.45) is 11.8 Å². The Bertz CT molecular complexity index is 489. The van der Waals surface area contributed by atoms with Gasteiger partial charge in [-0.1, -0.05) is 25.7 Å². The van der Waals surface area contributed by atoms with Crippen LogP contribution in [-0.2, 0) is 14.2 Å². The molecule has 25 heavy (non-hydrogen) atoms. The van der Waals surface area contributed by atoms with Gasteiger partial charge in [0, 0.05) is 13.5 Å². The van der Waals surface area contributed by atoms with Gasteiger partial charge in [-0.2, -0.15) is 0 Å². The highest BCUT2D eigenvalue weighted by molar-refractivity contribution is 5.05. The van der Waals surface area contributed by atoms with E-state index in [-0.39, 0.29) is 11.8 Å². The molecule has 8 atom stereocenters. The lowest BCUT2D eigenvalue weighted by atomic mass is 9.71. The molecule has 2 aliphatic carbocycles. The maximum atomic E-state index is 15.0. The van der Waals surface area contributed by atoms with Crippen LogP contribution in [0, 0.1) is 23.9 Å². The Labute approximate surface area is 149 Å². The van der Waals surface area contributed by atoms with Crippen molar-refractivity contribution < 1.29 is 23.0 Å². The van der Waals surface area contributed by atoms with Crippen molar-refractivity contribution in [2.45, 2.75) is 95.6 Å². The number of ether oxygens (including phenoxy) is 3. The van der Waals surface area contributed by atoms with E-state index in [1.165, 1.54) is 0 Å². The number of hydrogen-bond donors (Lipinski definition) is 0. The quantitative estimate of drug-likeness (QED) is 0.527. The Hall–Kier alpha value is -0.860. The molecule has 0 aromatic heterocycles. The highest BCUT2D eigenvalue weighted by Crippen LogP contribution is 2.49. The first-order chi connectivity index (χ1) is 12.2. The van der Waals surface area contributed by atoms with Crippen LogP contribution in [0.1, 0.15) is 58.8 Å². The van der Waals surface area contributed by atoms with Gasteiger partial charge in [0.05, 0.1) is 18.3 Å². The van der Waals surface area contributed by atoms with E-state index in [4.69, 9.17) is 14.2 Å². The van der Waals surface area contributed by atoms with Gasteiger partial charge in [0.15, 0.2) is 12.3 Å². The maximum Gasteiger partial charge on any atom is 0.164 e. The molecule has 0 bridgehead atoms. The number of unbranched alkanes of at least 4 members (excludes halogenated alkanes) is 2. The molecule has 3 fully saturated rings. The van der Waals surface area contributed by atoms with Crippen molar-refractivity contribution in [3.63, 3.8) is 0 Å². The number of fused-ring (bicyclic) bond motifs is 3. The minimum atomic E-state index is -1.23. The molecule has 1 heterocycles. The van der Waals surface area contributed by atoms with E-state index in [0.29, 0.717) is 19.4 Å². The second-order valence-corrected chi connectivity index (χ2v) is 7.56. The molecule has 0 amide bonds. The van der Waals surface area contributed by atoms with Gasteiger partial charge in [-0.15, -0.1) is 0 Å². The summed E-state index contributed by atoms with van der Waals surface area (Å²) in [6.45, 7) is 4.39. The third-order valence-corrected chi connectivity index (χ3v) is 6.01. The Morgan fingerprint density at radius 2 is 1.60 bits per heavy atom. The molecule has 2 saturated carbocycles. The van der Waals surface area contributed by atoms with Crippen molar-refractivity contribution in [1.29, 1.82) is 0 Å². The number of rotatable bonds is 6. The third-order valence-electron chi connectivity index (χ3n) is 6.01. The van der Waals surface area contributed by atoms with Gasteiger partial charge >= 0.3 is 0 Å². The lowest BCUT2D eigenvalue weighted by Gasteiger charge is -2.37. The summed E-state index contributed by atoms with van der Waals surface area (Å²) in [5.74, 6) is 2.83. The van der Waals surface area contributed by atoms with Gasteiger partial charge in [-0.05, 0) is 43.9 Å². The fraction of sp³-hybridized carbons (Fsp3) is 0.900. The van der Waals surface area contributed by atoms with Crippen LogP contribution in [0.2, 0.25) is 0 Å².